The van der Waals surface area contributed by atoms with E-state index in [0.717, 1.165) is 18.5 Å². The summed E-state index contributed by atoms with van der Waals surface area (Å²) >= 11 is 0. The number of aromatic amines is 1. The lowest BCUT2D eigenvalue weighted by Gasteiger charge is -2.10. The fraction of sp³-hybridized carbons (Fsp3) is 0.444. The molecular weight excluding hydrogens is 168 g/mol. The van der Waals surface area contributed by atoms with E-state index in [-0.39, 0.29) is 0 Å². The van der Waals surface area contributed by atoms with Gasteiger partial charge in [0.05, 0.1) is 11.1 Å². The number of hydrogen-bond donors (Lipinski definition) is 3. The van der Waals surface area contributed by atoms with Crippen LogP contribution < -0.4 is 5.32 Å². The van der Waals surface area contributed by atoms with Gasteiger partial charge in [-0.1, -0.05) is 0 Å². The van der Waals surface area contributed by atoms with Crippen LogP contribution >= 0.6 is 0 Å². The zero-order chi connectivity index (χ0) is 9.31. The second-order valence-electron chi connectivity index (χ2n) is 3.54. The Morgan fingerprint density at radius 2 is 2.46 bits per heavy atom. The Labute approximate surface area is 76.0 Å². The van der Waals surface area contributed by atoms with Gasteiger partial charge in [0, 0.05) is 18.9 Å². The number of anilines is 1. The van der Waals surface area contributed by atoms with E-state index in [1.165, 1.54) is 0 Å². The molecule has 1 saturated carbocycles. The van der Waals surface area contributed by atoms with Gasteiger partial charge in [0.25, 0.3) is 0 Å². The van der Waals surface area contributed by atoms with Crippen LogP contribution in [0.2, 0.25) is 0 Å². The van der Waals surface area contributed by atoms with Crippen LogP contribution in [-0.4, -0.2) is 22.6 Å². The third kappa shape index (κ3) is 1.52. The van der Waals surface area contributed by atoms with E-state index in [9.17, 15) is 4.79 Å². The van der Waals surface area contributed by atoms with E-state index in [2.05, 4.69) is 10.3 Å². The average molecular weight is 180 g/mol. The summed E-state index contributed by atoms with van der Waals surface area (Å²) in [7, 11) is 0. The molecule has 1 heterocycles. The first-order valence-corrected chi connectivity index (χ1v) is 4.33. The Hall–Kier alpha value is -1.45. The number of hydrogen-bond acceptors (Lipinski definition) is 2. The van der Waals surface area contributed by atoms with E-state index >= 15 is 0 Å². The summed E-state index contributed by atoms with van der Waals surface area (Å²) in [5.41, 5.74) is 0.463. The molecule has 0 spiro atoms. The van der Waals surface area contributed by atoms with Crippen molar-refractivity contribution in [2.24, 2.45) is 5.41 Å². The second-order valence-corrected chi connectivity index (χ2v) is 3.54. The molecular formula is C9H12N2O2. The molecule has 13 heavy (non-hydrogen) atoms. The molecule has 1 aliphatic carbocycles. The van der Waals surface area contributed by atoms with Crippen LogP contribution in [0.25, 0.3) is 0 Å². The first-order valence-electron chi connectivity index (χ1n) is 4.33. The highest BCUT2D eigenvalue weighted by Crippen LogP contribution is 2.45. The molecule has 1 aliphatic rings. The number of carbonyl (C=O) groups is 1. The lowest BCUT2D eigenvalue weighted by molar-refractivity contribution is -0.142. The van der Waals surface area contributed by atoms with E-state index in [1.54, 1.807) is 0 Å². The number of H-pyrrole nitrogens is 1. The van der Waals surface area contributed by atoms with Crippen molar-refractivity contribution in [2.45, 2.75) is 12.8 Å². The molecule has 0 aliphatic heterocycles. The predicted octanol–water partition coefficient (Wildman–Crippen LogP) is 1.29. The van der Waals surface area contributed by atoms with Crippen molar-refractivity contribution >= 4 is 11.7 Å². The van der Waals surface area contributed by atoms with Gasteiger partial charge in [0.15, 0.2) is 0 Å². The Bertz CT molecular complexity index is 301. The summed E-state index contributed by atoms with van der Waals surface area (Å²) in [5, 5.41) is 12.0. The van der Waals surface area contributed by atoms with Crippen molar-refractivity contribution in [2.75, 3.05) is 11.9 Å². The first kappa shape index (κ1) is 8.16. The van der Waals surface area contributed by atoms with Gasteiger partial charge in [-0.15, -0.1) is 0 Å². The Morgan fingerprint density at radius 3 is 2.92 bits per heavy atom. The fourth-order valence-corrected chi connectivity index (χ4v) is 1.32. The molecule has 0 atom stereocenters. The van der Waals surface area contributed by atoms with Gasteiger partial charge < -0.3 is 15.4 Å². The maximum atomic E-state index is 10.8. The summed E-state index contributed by atoms with van der Waals surface area (Å²) in [6.07, 6.45) is 5.21. The molecule has 0 bridgehead atoms. The molecule has 4 heteroatoms. The molecule has 0 aromatic carbocycles. The van der Waals surface area contributed by atoms with Crippen LogP contribution in [0.4, 0.5) is 5.69 Å². The fourth-order valence-electron chi connectivity index (χ4n) is 1.32. The van der Waals surface area contributed by atoms with Gasteiger partial charge in [-0.05, 0) is 18.9 Å². The molecule has 4 nitrogen and oxygen atoms in total. The normalized spacial score (nSPS) is 18.2. The zero-order valence-corrected chi connectivity index (χ0v) is 7.21. The summed E-state index contributed by atoms with van der Waals surface area (Å²) < 4.78 is 0. The standard InChI is InChI=1S/C9H12N2O2/c12-8(13)9(2-3-9)6-11-7-1-4-10-5-7/h1,4-5,10-11H,2-3,6H2,(H,12,13). The van der Waals surface area contributed by atoms with Gasteiger partial charge in [-0.3, -0.25) is 4.79 Å². The van der Waals surface area contributed by atoms with Crippen molar-refractivity contribution in [1.29, 1.82) is 0 Å². The Morgan fingerprint density at radius 1 is 1.69 bits per heavy atom. The lowest BCUT2D eigenvalue weighted by atomic mass is 10.1. The van der Waals surface area contributed by atoms with Gasteiger partial charge in [-0.2, -0.15) is 0 Å². The zero-order valence-electron chi connectivity index (χ0n) is 7.21. The summed E-state index contributed by atoms with van der Waals surface area (Å²) in [6, 6.07) is 1.89. The highest BCUT2D eigenvalue weighted by atomic mass is 16.4. The summed E-state index contributed by atoms with van der Waals surface area (Å²) in [6.45, 7) is 0.528. The summed E-state index contributed by atoms with van der Waals surface area (Å²) in [5.74, 6) is -0.685. The van der Waals surface area contributed by atoms with E-state index in [1.807, 2.05) is 18.5 Å². The Balaban J connectivity index is 1.90. The van der Waals surface area contributed by atoms with Crippen molar-refractivity contribution in [3.05, 3.63) is 18.5 Å². The van der Waals surface area contributed by atoms with Crippen LogP contribution in [0, 0.1) is 5.41 Å². The molecule has 3 N–H and O–H groups in total. The molecule has 0 radical (unpaired) electrons. The molecule has 70 valence electrons. The van der Waals surface area contributed by atoms with Gasteiger partial charge >= 0.3 is 5.97 Å². The largest absolute Gasteiger partial charge is 0.481 e. The van der Waals surface area contributed by atoms with Crippen molar-refractivity contribution in [3.8, 4) is 0 Å². The molecule has 1 aromatic heterocycles. The highest BCUT2D eigenvalue weighted by molar-refractivity contribution is 5.78. The second kappa shape index (κ2) is 2.80. The lowest BCUT2D eigenvalue weighted by Crippen LogP contribution is -2.24. The minimum atomic E-state index is -0.685. The maximum Gasteiger partial charge on any atom is 0.311 e. The van der Waals surface area contributed by atoms with Crippen LogP contribution in [0.1, 0.15) is 12.8 Å². The van der Waals surface area contributed by atoms with Crippen LogP contribution in [-0.2, 0) is 4.79 Å². The number of aliphatic carboxylic acids is 1. The smallest absolute Gasteiger partial charge is 0.311 e. The van der Waals surface area contributed by atoms with Crippen LogP contribution in [0.15, 0.2) is 18.5 Å². The number of aromatic nitrogens is 1. The van der Waals surface area contributed by atoms with Crippen LogP contribution in [0.5, 0.6) is 0 Å². The van der Waals surface area contributed by atoms with Gasteiger partial charge in [-0.25, -0.2) is 0 Å². The van der Waals surface area contributed by atoms with Crippen LogP contribution in [0.3, 0.4) is 0 Å². The number of carboxylic acid groups (broad SMARTS) is 1. The topological polar surface area (TPSA) is 65.1 Å². The average Bonchev–Trinajstić information content (AvgIpc) is 2.73. The third-order valence-corrected chi connectivity index (χ3v) is 2.54. The number of carboxylic acids is 1. The predicted molar refractivity (Wildman–Crippen MR) is 48.6 cm³/mol. The van der Waals surface area contributed by atoms with Crippen molar-refractivity contribution in [3.63, 3.8) is 0 Å². The highest BCUT2D eigenvalue weighted by Gasteiger charge is 2.49. The molecule has 0 amide bonds. The third-order valence-electron chi connectivity index (χ3n) is 2.54. The molecule has 0 saturated heterocycles. The van der Waals surface area contributed by atoms with Crippen molar-refractivity contribution in [1.82, 2.24) is 4.98 Å². The van der Waals surface area contributed by atoms with E-state index < -0.39 is 11.4 Å². The minimum Gasteiger partial charge on any atom is -0.481 e. The monoisotopic (exact) mass is 180 g/mol. The van der Waals surface area contributed by atoms with E-state index in [4.69, 9.17) is 5.11 Å². The molecule has 1 aromatic rings. The van der Waals surface area contributed by atoms with Gasteiger partial charge in [0.1, 0.15) is 0 Å². The molecule has 2 rings (SSSR count). The number of nitrogens with one attached hydrogen (secondary N) is 2. The van der Waals surface area contributed by atoms with Gasteiger partial charge in [0.2, 0.25) is 0 Å². The summed E-state index contributed by atoms with van der Waals surface area (Å²) in [4.78, 5) is 13.7. The van der Waals surface area contributed by atoms with E-state index in [0.29, 0.717) is 6.54 Å². The quantitative estimate of drug-likeness (QED) is 0.654. The number of rotatable bonds is 4. The Kier molecular flexibility index (Phi) is 1.76. The maximum absolute atomic E-state index is 10.8. The SMILES string of the molecule is O=C(O)C1(CNc2cc[nH]c2)CC1. The molecule has 0 unspecified atom stereocenters. The minimum absolute atomic E-state index is 0.489. The first-order chi connectivity index (χ1) is 6.23. The molecule has 1 fully saturated rings. The van der Waals surface area contributed by atoms with Crippen molar-refractivity contribution < 1.29 is 9.90 Å².